The van der Waals surface area contributed by atoms with Crippen LogP contribution in [0.25, 0.3) is 11.1 Å². The topological polar surface area (TPSA) is 112 Å². The van der Waals surface area contributed by atoms with E-state index in [0.717, 1.165) is 38.9 Å². The van der Waals surface area contributed by atoms with Gasteiger partial charge in [0.2, 0.25) is 0 Å². The standard InChI is InChI=1S/C40H44N2O7/c1-26-16-18-27(19-17-26)36(28-20-22-29(46-5)23-21-28)48-37(43)35(15-10-24-41-38(44)49-40(2,3)4)42-39(45)47-25-34-32-13-8-6-11-30(32)31-12-7-9-14-33(31)34/h6-9,11-14,16-23,34-36H,10,15,24-25H2,1-5H3,(H,41,44)(H,42,45)/t35-,36?/m0/s1. The van der Waals surface area contributed by atoms with Crippen LogP contribution in [0.1, 0.15) is 73.5 Å². The number of benzene rings is 4. The zero-order chi connectivity index (χ0) is 35.0. The lowest BCUT2D eigenvalue weighted by molar-refractivity contribution is -0.150. The molecule has 0 aromatic heterocycles. The summed E-state index contributed by atoms with van der Waals surface area (Å²) in [5.41, 5.74) is 6.34. The Labute approximate surface area is 287 Å². The lowest BCUT2D eigenvalue weighted by atomic mass is 9.98. The molecule has 0 heterocycles. The first kappa shape index (κ1) is 35.0. The largest absolute Gasteiger partial charge is 0.497 e. The summed E-state index contributed by atoms with van der Waals surface area (Å²) in [4.78, 5) is 39.4. The zero-order valence-electron chi connectivity index (χ0n) is 28.7. The molecule has 9 nitrogen and oxygen atoms in total. The molecule has 1 aliphatic carbocycles. The molecule has 4 aromatic carbocycles. The van der Waals surface area contributed by atoms with E-state index in [-0.39, 0.29) is 25.5 Å². The second-order valence-electron chi connectivity index (χ2n) is 13.1. The molecule has 49 heavy (non-hydrogen) atoms. The maximum atomic E-state index is 13.9. The SMILES string of the molecule is COc1ccc(C(OC(=O)[C@H](CCCNC(=O)OC(C)(C)C)NC(=O)OCC2c3ccccc3-c3ccccc32)c2ccc(C)cc2)cc1. The molecule has 2 amide bonds. The predicted octanol–water partition coefficient (Wildman–Crippen LogP) is 7.85. The van der Waals surface area contributed by atoms with Gasteiger partial charge in [0.05, 0.1) is 7.11 Å². The van der Waals surface area contributed by atoms with E-state index in [4.69, 9.17) is 18.9 Å². The van der Waals surface area contributed by atoms with E-state index < -0.39 is 35.9 Å². The number of alkyl carbamates (subject to hydrolysis) is 2. The number of hydrogen-bond donors (Lipinski definition) is 2. The first-order valence-corrected chi connectivity index (χ1v) is 16.5. The lowest BCUT2D eigenvalue weighted by Crippen LogP contribution is -2.43. The summed E-state index contributed by atoms with van der Waals surface area (Å²) in [6, 6.07) is 30.1. The van der Waals surface area contributed by atoms with Gasteiger partial charge in [-0.05, 0) is 86.1 Å². The van der Waals surface area contributed by atoms with Crippen molar-refractivity contribution in [2.45, 2.75) is 64.2 Å². The second-order valence-corrected chi connectivity index (χ2v) is 13.1. The molecule has 0 radical (unpaired) electrons. The number of carbonyl (C=O) groups is 3. The van der Waals surface area contributed by atoms with Gasteiger partial charge in [-0.15, -0.1) is 0 Å². The molecule has 256 valence electrons. The van der Waals surface area contributed by atoms with Gasteiger partial charge in [0.15, 0.2) is 6.10 Å². The first-order chi connectivity index (χ1) is 23.5. The Hall–Kier alpha value is -5.31. The summed E-state index contributed by atoms with van der Waals surface area (Å²) < 4.78 is 22.6. The number of rotatable bonds is 12. The van der Waals surface area contributed by atoms with Crippen molar-refractivity contribution in [1.82, 2.24) is 10.6 Å². The van der Waals surface area contributed by atoms with E-state index in [1.54, 1.807) is 40.0 Å². The molecule has 1 aliphatic rings. The molecule has 0 saturated heterocycles. The Morgan fingerprint density at radius 3 is 1.92 bits per heavy atom. The Bertz CT molecular complexity index is 1700. The van der Waals surface area contributed by atoms with Crippen LogP contribution in [0.5, 0.6) is 5.75 Å². The Morgan fingerprint density at radius 2 is 1.35 bits per heavy atom. The third-order valence-electron chi connectivity index (χ3n) is 8.29. The lowest BCUT2D eigenvalue weighted by Gasteiger charge is -2.24. The number of hydrogen-bond acceptors (Lipinski definition) is 7. The van der Waals surface area contributed by atoms with E-state index in [1.807, 2.05) is 79.7 Å². The van der Waals surface area contributed by atoms with Crippen LogP contribution in [0.2, 0.25) is 0 Å². The monoisotopic (exact) mass is 664 g/mol. The van der Waals surface area contributed by atoms with Crippen LogP contribution in [-0.2, 0) is 19.0 Å². The van der Waals surface area contributed by atoms with Crippen molar-refractivity contribution in [2.75, 3.05) is 20.3 Å². The summed E-state index contributed by atoms with van der Waals surface area (Å²) in [6.07, 6.45) is -1.50. The minimum atomic E-state index is -1.05. The third-order valence-corrected chi connectivity index (χ3v) is 8.29. The van der Waals surface area contributed by atoms with Gasteiger partial charge in [-0.25, -0.2) is 14.4 Å². The van der Waals surface area contributed by atoms with Crippen LogP contribution < -0.4 is 15.4 Å². The van der Waals surface area contributed by atoms with Crippen molar-refractivity contribution < 1.29 is 33.3 Å². The van der Waals surface area contributed by atoms with Crippen LogP contribution in [0.15, 0.2) is 97.1 Å². The number of carbonyl (C=O) groups excluding carboxylic acids is 3. The molecule has 5 rings (SSSR count). The van der Waals surface area contributed by atoms with E-state index >= 15 is 0 Å². The molecule has 0 saturated carbocycles. The zero-order valence-corrected chi connectivity index (χ0v) is 28.7. The van der Waals surface area contributed by atoms with Crippen LogP contribution in [0, 0.1) is 6.92 Å². The Morgan fingerprint density at radius 1 is 0.776 bits per heavy atom. The number of esters is 1. The molecule has 0 fully saturated rings. The molecule has 0 bridgehead atoms. The van der Waals surface area contributed by atoms with E-state index in [9.17, 15) is 14.4 Å². The number of ether oxygens (including phenoxy) is 4. The molecule has 2 atom stereocenters. The minimum Gasteiger partial charge on any atom is -0.497 e. The van der Waals surface area contributed by atoms with Gasteiger partial charge in [-0.2, -0.15) is 0 Å². The van der Waals surface area contributed by atoms with Gasteiger partial charge < -0.3 is 29.6 Å². The van der Waals surface area contributed by atoms with Crippen LogP contribution in [0.3, 0.4) is 0 Å². The van der Waals surface area contributed by atoms with E-state index in [2.05, 4.69) is 22.8 Å². The summed E-state index contributed by atoms with van der Waals surface area (Å²) in [6.45, 7) is 7.65. The van der Waals surface area contributed by atoms with Gasteiger partial charge in [0, 0.05) is 12.5 Å². The number of amides is 2. The number of fused-ring (bicyclic) bond motifs is 3. The number of methoxy groups -OCH3 is 1. The first-order valence-electron chi connectivity index (χ1n) is 16.5. The summed E-state index contributed by atoms with van der Waals surface area (Å²) >= 11 is 0. The minimum absolute atomic E-state index is 0.0969. The Kier molecular flexibility index (Phi) is 11.2. The van der Waals surface area contributed by atoms with Crippen LogP contribution >= 0.6 is 0 Å². The van der Waals surface area contributed by atoms with Crippen molar-refractivity contribution in [3.8, 4) is 16.9 Å². The molecule has 0 aliphatic heterocycles. The molecule has 9 heteroatoms. The van der Waals surface area contributed by atoms with Crippen molar-refractivity contribution in [1.29, 1.82) is 0 Å². The molecule has 1 unspecified atom stereocenters. The summed E-state index contributed by atoms with van der Waals surface area (Å²) in [5, 5.41) is 5.46. The fraction of sp³-hybridized carbons (Fsp3) is 0.325. The number of nitrogens with one attached hydrogen (secondary N) is 2. The highest BCUT2D eigenvalue weighted by Gasteiger charge is 2.31. The van der Waals surface area contributed by atoms with Gasteiger partial charge in [0.1, 0.15) is 24.0 Å². The van der Waals surface area contributed by atoms with Crippen LogP contribution in [-0.4, -0.2) is 50.1 Å². The number of aryl methyl sites for hydroxylation is 1. The molecular weight excluding hydrogens is 620 g/mol. The highest BCUT2D eigenvalue weighted by atomic mass is 16.6. The average molecular weight is 665 g/mol. The Balaban J connectivity index is 1.31. The van der Waals surface area contributed by atoms with Gasteiger partial charge in [-0.3, -0.25) is 0 Å². The highest BCUT2D eigenvalue weighted by molar-refractivity contribution is 5.82. The van der Waals surface area contributed by atoms with E-state index in [0.29, 0.717) is 12.2 Å². The highest BCUT2D eigenvalue weighted by Crippen LogP contribution is 2.44. The fourth-order valence-electron chi connectivity index (χ4n) is 5.89. The van der Waals surface area contributed by atoms with Crippen molar-refractivity contribution in [2.24, 2.45) is 0 Å². The van der Waals surface area contributed by atoms with Gasteiger partial charge in [0.25, 0.3) is 0 Å². The maximum Gasteiger partial charge on any atom is 0.407 e. The smallest absolute Gasteiger partial charge is 0.407 e. The van der Waals surface area contributed by atoms with Crippen molar-refractivity contribution in [3.63, 3.8) is 0 Å². The second kappa shape index (κ2) is 15.7. The quantitative estimate of drug-likeness (QED) is 0.0901. The van der Waals surface area contributed by atoms with Gasteiger partial charge in [-0.1, -0.05) is 90.5 Å². The maximum absolute atomic E-state index is 13.9. The summed E-state index contributed by atoms with van der Waals surface area (Å²) in [5.74, 6) is -0.0974. The molecule has 2 N–H and O–H groups in total. The van der Waals surface area contributed by atoms with Crippen molar-refractivity contribution in [3.05, 3.63) is 125 Å². The average Bonchev–Trinajstić information content (AvgIpc) is 3.40. The van der Waals surface area contributed by atoms with Gasteiger partial charge >= 0.3 is 18.2 Å². The predicted molar refractivity (Wildman–Crippen MR) is 188 cm³/mol. The third kappa shape index (κ3) is 9.19. The fourth-order valence-corrected chi connectivity index (χ4v) is 5.89. The van der Waals surface area contributed by atoms with Crippen molar-refractivity contribution >= 4 is 18.2 Å². The molecule has 0 spiro atoms. The molecular formula is C40H44N2O7. The normalized spacial score (nSPS) is 13.3. The van der Waals surface area contributed by atoms with Crippen LogP contribution in [0.4, 0.5) is 9.59 Å². The van der Waals surface area contributed by atoms with E-state index in [1.165, 1.54) is 0 Å². The summed E-state index contributed by atoms with van der Waals surface area (Å²) in [7, 11) is 1.59. The molecule has 4 aromatic rings.